The first kappa shape index (κ1) is 17.9. The van der Waals surface area contributed by atoms with E-state index in [-0.39, 0.29) is 37.3 Å². The predicted molar refractivity (Wildman–Crippen MR) is 53.8 cm³/mol. The second-order valence-corrected chi connectivity index (χ2v) is 1.91. The molecule has 0 saturated carbocycles. The van der Waals surface area contributed by atoms with E-state index in [1.165, 1.54) is 0 Å². The lowest BCUT2D eigenvalue weighted by atomic mass is 10.5. The van der Waals surface area contributed by atoms with Crippen LogP contribution in [0.1, 0.15) is 6.42 Å². The largest absolute Gasteiger partial charge is 0.464 e. The van der Waals surface area contributed by atoms with Crippen LogP contribution in [0.15, 0.2) is 4.36 Å². The predicted octanol–water partition coefficient (Wildman–Crippen LogP) is 0.452. The molecule has 0 unspecified atom stereocenters. The molecule has 12 heavy (non-hydrogen) atoms. The van der Waals surface area contributed by atoms with Gasteiger partial charge in [0, 0.05) is 12.4 Å². The van der Waals surface area contributed by atoms with Gasteiger partial charge in [-0.25, -0.2) is 4.36 Å². The van der Waals surface area contributed by atoms with E-state index in [0.717, 1.165) is 0 Å². The molecule has 0 atom stereocenters. The number of ether oxygens (including phenoxy) is 1. The van der Waals surface area contributed by atoms with Crippen LogP contribution in [-0.4, -0.2) is 25.7 Å². The molecule has 2 N–H and O–H groups in total. The zero-order chi connectivity index (χ0) is 7.82. The first-order chi connectivity index (χ1) is 4.81. The number of nitrogens with zero attached hydrogens (tertiary/aromatic N) is 1. The minimum absolute atomic E-state index is 0. The number of esters is 1. The Morgan fingerprint density at radius 3 is 2.50 bits per heavy atom. The Balaban J connectivity index is -0.000000405. The fraction of sp³-hybridized carbons (Fsp3) is 0.800. The number of halogens is 2. The van der Waals surface area contributed by atoms with Gasteiger partial charge in [-0.15, -0.1) is 24.8 Å². The van der Waals surface area contributed by atoms with E-state index in [4.69, 9.17) is 5.73 Å². The summed E-state index contributed by atoms with van der Waals surface area (Å²) in [6.07, 6.45) is 0.684. The van der Waals surface area contributed by atoms with Crippen molar-refractivity contribution < 1.29 is 9.53 Å². The Labute approximate surface area is 89.2 Å². The zero-order valence-corrected chi connectivity index (χ0v) is 8.84. The molecule has 0 bridgehead atoms. The number of hydrogen-bond acceptors (Lipinski definition) is 5. The topological polar surface area (TPSA) is 64.7 Å². The lowest BCUT2D eigenvalue weighted by Gasteiger charge is -1.98. The van der Waals surface area contributed by atoms with Gasteiger partial charge >= 0.3 is 5.97 Å². The van der Waals surface area contributed by atoms with E-state index in [1.807, 2.05) is 0 Å². The lowest BCUT2D eigenvalue weighted by molar-refractivity contribution is -0.141. The summed E-state index contributed by atoms with van der Waals surface area (Å²) >= 11 is 4.21. The van der Waals surface area contributed by atoms with Crippen molar-refractivity contribution in [3.05, 3.63) is 0 Å². The van der Waals surface area contributed by atoms with Gasteiger partial charge in [-0.3, -0.25) is 4.79 Å². The molecule has 0 aliphatic rings. The van der Waals surface area contributed by atoms with Crippen molar-refractivity contribution in [3.8, 4) is 0 Å². The minimum atomic E-state index is -0.386. The fourth-order valence-corrected chi connectivity index (χ4v) is 0.473. The maximum atomic E-state index is 10.5. The van der Waals surface area contributed by atoms with Crippen molar-refractivity contribution >= 4 is 43.2 Å². The molecule has 0 heterocycles. The van der Waals surface area contributed by atoms with Gasteiger partial charge in [0.1, 0.15) is 6.54 Å². The van der Waals surface area contributed by atoms with E-state index in [0.29, 0.717) is 19.6 Å². The summed E-state index contributed by atoms with van der Waals surface area (Å²) in [5.41, 5.74) is 5.15. The van der Waals surface area contributed by atoms with Crippen LogP contribution in [-0.2, 0) is 22.0 Å². The van der Waals surface area contributed by atoms with Crippen LogP contribution in [0.3, 0.4) is 0 Å². The van der Waals surface area contributed by atoms with Crippen LogP contribution in [0.2, 0.25) is 0 Å². The molecule has 0 fully saturated rings. The van der Waals surface area contributed by atoms with Gasteiger partial charge in [0.25, 0.3) is 0 Å². The first-order valence-corrected chi connectivity index (χ1v) is 3.32. The van der Waals surface area contributed by atoms with Crippen LogP contribution in [0.5, 0.6) is 0 Å². The number of nitrogens with two attached hydrogens (primary N) is 1. The number of carbonyl (C=O) groups is 1. The summed E-state index contributed by atoms with van der Waals surface area (Å²) in [6.45, 7) is 0.846. The van der Waals surface area contributed by atoms with Gasteiger partial charge in [0.2, 0.25) is 0 Å². The average molecular weight is 235 g/mol. The van der Waals surface area contributed by atoms with Gasteiger partial charge in [-0.1, -0.05) is 0 Å². The zero-order valence-electron chi connectivity index (χ0n) is 6.39. The molecule has 0 spiro atoms. The van der Waals surface area contributed by atoms with Gasteiger partial charge < -0.3 is 10.5 Å². The molecule has 0 aromatic carbocycles. The highest BCUT2D eigenvalue weighted by Gasteiger charge is 1.97. The van der Waals surface area contributed by atoms with Crippen molar-refractivity contribution in [2.45, 2.75) is 6.42 Å². The quantitative estimate of drug-likeness (QED) is 0.555. The van der Waals surface area contributed by atoms with Crippen molar-refractivity contribution in [2.75, 3.05) is 19.7 Å². The molecule has 4 nitrogen and oxygen atoms in total. The highest BCUT2D eigenvalue weighted by Crippen LogP contribution is 1.82. The second-order valence-electron chi connectivity index (χ2n) is 1.65. The van der Waals surface area contributed by atoms with Crippen LogP contribution in [0.25, 0.3) is 0 Å². The third-order valence-electron chi connectivity index (χ3n) is 0.805. The molecule has 0 aromatic rings. The summed E-state index contributed by atoms with van der Waals surface area (Å²) in [6, 6.07) is 0. The van der Waals surface area contributed by atoms with Crippen LogP contribution >= 0.6 is 24.8 Å². The van der Waals surface area contributed by atoms with Gasteiger partial charge in [-0.2, -0.15) is 0 Å². The van der Waals surface area contributed by atoms with E-state index in [9.17, 15) is 4.79 Å². The molecule has 74 valence electrons. The number of carbonyl (C=O) groups excluding carboxylic acids is 1. The van der Waals surface area contributed by atoms with E-state index in [1.54, 1.807) is 0 Å². The Morgan fingerprint density at radius 1 is 1.50 bits per heavy atom. The highest BCUT2D eigenvalue weighted by molar-refractivity contribution is 7.47. The summed E-state index contributed by atoms with van der Waals surface area (Å²) in [7, 11) is 0. The van der Waals surface area contributed by atoms with Crippen LogP contribution < -0.4 is 5.73 Å². The van der Waals surface area contributed by atoms with E-state index in [2.05, 4.69) is 21.5 Å². The third-order valence-corrected chi connectivity index (χ3v) is 0.934. The lowest BCUT2D eigenvalue weighted by Crippen LogP contribution is -2.11. The first-order valence-electron chi connectivity index (χ1n) is 2.96. The highest BCUT2D eigenvalue weighted by atomic mass is 35.5. The van der Waals surface area contributed by atoms with Gasteiger partial charge in [0.15, 0.2) is 0 Å². The maximum Gasteiger partial charge on any atom is 0.328 e. The molecule has 7 heteroatoms. The van der Waals surface area contributed by atoms with E-state index < -0.39 is 0 Å². The smallest absolute Gasteiger partial charge is 0.328 e. The summed E-state index contributed by atoms with van der Waals surface area (Å²) in [5, 5.41) is 0. The Bertz CT molecular complexity index is 126. The molecular formula is C5H12Cl2N2O2S. The Kier molecular flexibility index (Phi) is 20.4. The fourth-order valence-electron chi connectivity index (χ4n) is 0.368. The van der Waals surface area contributed by atoms with Gasteiger partial charge in [-0.05, 0) is 13.0 Å². The van der Waals surface area contributed by atoms with Crippen molar-refractivity contribution in [2.24, 2.45) is 10.1 Å². The monoisotopic (exact) mass is 234 g/mol. The molecule has 0 aliphatic carbocycles. The molecule has 0 amide bonds. The normalized spacial score (nSPS) is 7.42. The maximum absolute atomic E-state index is 10.5. The summed E-state index contributed by atoms with van der Waals surface area (Å²) < 4.78 is 7.84. The van der Waals surface area contributed by atoms with Gasteiger partial charge in [0.05, 0.1) is 6.61 Å². The summed E-state index contributed by atoms with van der Waals surface area (Å²) in [4.78, 5) is 10.5. The summed E-state index contributed by atoms with van der Waals surface area (Å²) in [5.74, 6) is -0.386. The number of hydrogen-bond donors (Lipinski definition) is 1. The standard InChI is InChI=1S/C5H10N2O2S.2ClH/c6-2-1-3-9-5(8)4-7-10;;/h1-4,6H2;2*1H. The molecule has 0 radical (unpaired) electrons. The SMILES string of the molecule is Cl.Cl.NCCCOC(=O)CN=S. The minimum Gasteiger partial charge on any atom is -0.464 e. The van der Waals surface area contributed by atoms with Crippen molar-refractivity contribution in [3.63, 3.8) is 0 Å². The van der Waals surface area contributed by atoms with Crippen LogP contribution in [0.4, 0.5) is 0 Å². The Morgan fingerprint density at radius 2 is 2.08 bits per heavy atom. The third kappa shape index (κ3) is 12.7. The van der Waals surface area contributed by atoms with Crippen molar-refractivity contribution in [1.82, 2.24) is 0 Å². The van der Waals surface area contributed by atoms with E-state index >= 15 is 0 Å². The number of rotatable bonds is 5. The molecular weight excluding hydrogens is 223 g/mol. The molecule has 0 aliphatic heterocycles. The molecule has 0 rings (SSSR count). The molecule has 0 aromatic heterocycles. The second kappa shape index (κ2) is 13.6. The van der Waals surface area contributed by atoms with Crippen molar-refractivity contribution in [1.29, 1.82) is 0 Å². The molecule has 0 saturated heterocycles. The van der Waals surface area contributed by atoms with Crippen LogP contribution in [0, 0.1) is 0 Å². The average Bonchev–Trinajstić information content (AvgIpc) is 1.89. The Hall–Kier alpha value is 0.0300.